The van der Waals surface area contributed by atoms with E-state index in [1.165, 1.54) is 17.7 Å². The Hall–Kier alpha value is -1.87. The van der Waals surface area contributed by atoms with Gasteiger partial charge in [-0.3, -0.25) is 0 Å². The van der Waals surface area contributed by atoms with E-state index in [4.69, 9.17) is 0 Å². The minimum atomic E-state index is -0.246. The van der Waals surface area contributed by atoms with E-state index in [9.17, 15) is 4.39 Å². The largest absolute Gasteiger partial charge is 0.321 e. The fraction of sp³-hybridized carbons (Fsp3) is 0.143. The second kappa shape index (κ2) is 5.46. The summed E-state index contributed by atoms with van der Waals surface area (Å²) in [6.07, 6.45) is 0. The summed E-state index contributed by atoms with van der Waals surface area (Å²) in [6.45, 7) is 2.04. The van der Waals surface area contributed by atoms with Gasteiger partial charge >= 0.3 is 0 Å². The minimum Gasteiger partial charge on any atom is -0.321 e. The van der Waals surface area contributed by atoms with Gasteiger partial charge in [-0.25, -0.2) is 9.82 Å². The molecule has 17 heavy (non-hydrogen) atoms. The molecule has 3 heteroatoms. The predicted octanol–water partition coefficient (Wildman–Crippen LogP) is 3.50. The van der Waals surface area contributed by atoms with Crippen molar-refractivity contribution in [3.8, 4) is 0 Å². The SMILES string of the molecule is CC(NNc1cccc(F)c1)c1ccccc1. The van der Waals surface area contributed by atoms with Crippen LogP contribution in [-0.2, 0) is 0 Å². The smallest absolute Gasteiger partial charge is 0.125 e. The van der Waals surface area contributed by atoms with Crippen molar-refractivity contribution in [3.05, 3.63) is 66.0 Å². The highest BCUT2D eigenvalue weighted by atomic mass is 19.1. The lowest BCUT2D eigenvalue weighted by molar-refractivity contribution is 0.622. The van der Waals surface area contributed by atoms with Crippen LogP contribution < -0.4 is 10.9 Å². The van der Waals surface area contributed by atoms with Gasteiger partial charge in [-0.15, -0.1) is 0 Å². The van der Waals surface area contributed by atoms with Crippen LogP contribution in [0.5, 0.6) is 0 Å². The molecule has 0 aromatic heterocycles. The summed E-state index contributed by atoms with van der Waals surface area (Å²) >= 11 is 0. The zero-order valence-electron chi connectivity index (χ0n) is 9.65. The number of anilines is 1. The van der Waals surface area contributed by atoms with Crippen molar-refractivity contribution in [3.63, 3.8) is 0 Å². The molecule has 2 nitrogen and oxygen atoms in total. The van der Waals surface area contributed by atoms with E-state index in [-0.39, 0.29) is 11.9 Å². The van der Waals surface area contributed by atoms with Gasteiger partial charge in [-0.05, 0) is 30.7 Å². The molecule has 0 bridgehead atoms. The fourth-order valence-corrected chi connectivity index (χ4v) is 1.58. The first-order chi connectivity index (χ1) is 8.25. The van der Waals surface area contributed by atoms with Crippen LogP contribution in [0, 0.1) is 5.82 Å². The van der Waals surface area contributed by atoms with Crippen LogP contribution in [-0.4, -0.2) is 0 Å². The highest BCUT2D eigenvalue weighted by Gasteiger charge is 2.03. The topological polar surface area (TPSA) is 24.1 Å². The summed E-state index contributed by atoms with van der Waals surface area (Å²) in [4.78, 5) is 0. The van der Waals surface area contributed by atoms with E-state index in [0.29, 0.717) is 5.69 Å². The molecule has 0 spiro atoms. The maximum absolute atomic E-state index is 12.9. The van der Waals surface area contributed by atoms with Crippen molar-refractivity contribution >= 4 is 5.69 Å². The van der Waals surface area contributed by atoms with E-state index in [0.717, 1.165) is 0 Å². The molecule has 2 N–H and O–H groups in total. The van der Waals surface area contributed by atoms with Gasteiger partial charge in [0.15, 0.2) is 0 Å². The molecule has 1 atom stereocenters. The van der Waals surface area contributed by atoms with Crippen molar-refractivity contribution in [2.45, 2.75) is 13.0 Å². The van der Waals surface area contributed by atoms with Crippen molar-refractivity contribution in [2.75, 3.05) is 5.43 Å². The monoisotopic (exact) mass is 230 g/mol. The van der Waals surface area contributed by atoms with Crippen LogP contribution in [0.1, 0.15) is 18.5 Å². The first-order valence-electron chi connectivity index (χ1n) is 5.58. The summed E-state index contributed by atoms with van der Waals surface area (Å²) in [5.41, 5.74) is 8.01. The van der Waals surface area contributed by atoms with Gasteiger partial charge in [0.2, 0.25) is 0 Å². The molecule has 2 aromatic carbocycles. The Bertz CT molecular complexity index is 471. The molecule has 2 rings (SSSR count). The molecule has 0 fully saturated rings. The van der Waals surface area contributed by atoms with E-state index >= 15 is 0 Å². The molecule has 0 saturated carbocycles. The van der Waals surface area contributed by atoms with Crippen LogP contribution >= 0.6 is 0 Å². The summed E-state index contributed by atoms with van der Waals surface area (Å²) in [5, 5.41) is 0. The third kappa shape index (κ3) is 3.29. The number of hydrogen-bond acceptors (Lipinski definition) is 2. The molecule has 88 valence electrons. The van der Waals surface area contributed by atoms with E-state index < -0.39 is 0 Å². The van der Waals surface area contributed by atoms with Gasteiger partial charge in [0, 0.05) is 6.04 Å². The Balaban J connectivity index is 1.95. The second-order valence-electron chi connectivity index (χ2n) is 3.91. The number of halogens is 1. The fourth-order valence-electron chi connectivity index (χ4n) is 1.58. The Morgan fingerprint density at radius 3 is 2.47 bits per heavy atom. The van der Waals surface area contributed by atoms with Gasteiger partial charge in [-0.1, -0.05) is 36.4 Å². The van der Waals surface area contributed by atoms with Crippen LogP contribution in [0.25, 0.3) is 0 Å². The summed E-state index contributed by atoms with van der Waals surface area (Å²) < 4.78 is 12.9. The molecule has 0 aliphatic carbocycles. The molecular weight excluding hydrogens is 215 g/mol. The zero-order valence-corrected chi connectivity index (χ0v) is 9.65. The predicted molar refractivity (Wildman–Crippen MR) is 68.0 cm³/mol. The lowest BCUT2D eigenvalue weighted by atomic mass is 10.1. The lowest BCUT2D eigenvalue weighted by Gasteiger charge is -2.16. The quantitative estimate of drug-likeness (QED) is 0.785. The summed E-state index contributed by atoms with van der Waals surface area (Å²) in [5.74, 6) is -0.246. The molecule has 0 aliphatic heterocycles. The van der Waals surface area contributed by atoms with Crippen molar-refractivity contribution < 1.29 is 4.39 Å². The first-order valence-corrected chi connectivity index (χ1v) is 5.58. The Kier molecular flexibility index (Phi) is 3.73. The third-order valence-electron chi connectivity index (χ3n) is 2.56. The molecule has 0 heterocycles. The molecular formula is C14H15FN2. The van der Waals surface area contributed by atoms with Crippen LogP contribution in [0.2, 0.25) is 0 Å². The number of hydrogen-bond donors (Lipinski definition) is 2. The maximum Gasteiger partial charge on any atom is 0.125 e. The van der Waals surface area contributed by atoms with E-state index in [1.807, 2.05) is 43.3 Å². The number of nitrogens with one attached hydrogen (secondary N) is 2. The van der Waals surface area contributed by atoms with Crippen molar-refractivity contribution in [1.82, 2.24) is 5.43 Å². The third-order valence-corrected chi connectivity index (χ3v) is 2.56. The molecule has 0 aliphatic rings. The first kappa shape index (κ1) is 11.6. The van der Waals surface area contributed by atoms with Gasteiger partial charge in [0.1, 0.15) is 5.82 Å². The van der Waals surface area contributed by atoms with E-state index in [1.54, 1.807) is 6.07 Å². The molecule has 2 aromatic rings. The van der Waals surface area contributed by atoms with Crippen LogP contribution in [0.4, 0.5) is 10.1 Å². The average molecular weight is 230 g/mol. The Morgan fingerprint density at radius 1 is 1.00 bits per heavy atom. The van der Waals surface area contributed by atoms with Crippen LogP contribution in [0.3, 0.4) is 0 Å². The van der Waals surface area contributed by atoms with E-state index in [2.05, 4.69) is 10.9 Å². The van der Waals surface area contributed by atoms with Crippen molar-refractivity contribution in [1.29, 1.82) is 0 Å². The van der Waals surface area contributed by atoms with Gasteiger partial charge < -0.3 is 5.43 Å². The van der Waals surface area contributed by atoms with Crippen molar-refractivity contribution in [2.24, 2.45) is 0 Å². The zero-order chi connectivity index (χ0) is 12.1. The van der Waals surface area contributed by atoms with Gasteiger partial charge in [-0.2, -0.15) is 0 Å². The van der Waals surface area contributed by atoms with Gasteiger partial charge in [0.05, 0.1) is 5.69 Å². The Morgan fingerprint density at radius 2 is 1.76 bits per heavy atom. The summed E-state index contributed by atoms with van der Waals surface area (Å²) in [6, 6.07) is 16.6. The average Bonchev–Trinajstić information content (AvgIpc) is 2.37. The maximum atomic E-state index is 12.9. The lowest BCUT2D eigenvalue weighted by Crippen LogP contribution is -2.25. The molecule has 0 radical (unpaired) electrons. The standard InChI is InChI=1S/C14H15FN2/c1-11(12-6-3-2-4-7-12)16-17-14-9-5-8-13(15)10-14/h2-11,16-17H,1H3. The number of rotatable bonds is 4. The number of benzene rings is 2. The Labute approximate surface area is 100 Å². The second-order valence-corrected chi connectivity index (χ2v) is 3.91. The highest BCUT2D eigenvalue weighted by molar-refractivity contribution is 5.42. The molecule has 0 amide bonds. The summed E-state index contributed by atoms with van der Waals surface area (Å²) in [7, 11) is 0. The minimum absolute atomic E-state index is 0.152. The van der Waals surface area contributed by atoms with Gasteiger partial charge in [0.25, 0.3) is 0 Å². The highest BCUT2D eigenvalue weighted by Crippen LogP contribution is 2.13. The normalized spacial score (nSPS) is 12.1. The van der Waals surface area contributed by atoms with Crippen LogP contribution in [0.15, 0.2) is 54.6 Å². The number of hydrazine groups is 1. The molecule has 1 unspecified atom stereocenters. The molecule has 0 saturated heterocycles.